The lowest BCUT2D eigenvalue weighted by molar-refractivity contribution is -0.161. The summed E-state index contributed by atoms with van der Waals surface area (Å²) in [6.45, 7) is 5.17. The van der Waals surface area contributed by atoms with E-state index >= 15 is 0 Å². The van der Waals surface area contributed by atoms with Gasteiger partial charge in [-0.05, 0) is 72.6 Å². The molecule has 1 aliphatic carbocycles. The molecule has 2 aliphatic rings. The number of nitrogens with one attached hydrogen (secondary N) is 1. The van der Waals surface area contributed by atoms with Crippen LogP contribution >= 0.6 is 0 Å². The molecular weight excluding hydrogens is 552 g/mol. The van der Waals surface area contributed by atoms with Crippen molar-refractivity contribution in [3.05, 3.63) is 75.7 Å². The van der Waals surface area contributed by atoms with E-state index in [2.05, 4.69) is 62.6 Å². The van der Waals surface area contributed by atoms with Gasteiger partial charge in [-0.3, -0.25) is 14.3 Å². The molecule has 9 nitrogen and oxygen atoms in total. The SMILES string of the molecule is CCCCc1c(Cc2ccc(-c3ccccc3-c3nnn[nH]3)cc2)c(=O)n2n1C(C1(C(=O)OCC)CCCCCC1)CCC2. The van der Waals surface area contributed by atoms with E-state index < -0.39 is 5.41 Å². The first-order chi connectivity index (χ1) is 21.6. The van der Waals surface area contributed by atoms with Crippen molar-refractivity contribution in [2.45, 2.75) is 103 Å². The number of unbranched alkanes of at least 4 members (excludes halogenated alkanes) is 1. The van der Waals surface area contributed by atoms with Gasteiger partial charge in [0.15, 0.2) is 5.82 Å². The molecule has 2 aromatic carbocycles. The van der Waals surface area contributed by atoms with E-state index in [4.69, 9.17) is 4.74 Å². The van der Waals surface area contributed by atoms with Crippen molar-refractivity contribution in [3.63, 3.8) is 0 Å². The van der Waals surface area contributed by atoms with Crippen LogP contribution in [0.3, 0.4) is 0 Å². The fourth-order valence-corrected chi connectivity index (χ4v) is 7.61. The quantitative estimate of drug-likeness (QED) is 0.162. The monoisotopic (exact) mass is 596 g/mol. The summed E-state index contributed by atoms with van der Waals surface area (Å²) < 4.78 is 10.0. The summed E-state index contributed by atoms with van der Waals surface area (Å²) >= 11 is 0. The van der Waals surface area contributed by atoms with Crippen molar-refractivity contribution in [2.75, 3.05) is 6.61 Å². The number of carbonyl (C=O) groups excluding carboxylic acids is 1. The van der Waals surface area contributed by atoms with E-state index in [1.54, 1.807) is 0 Å². The van der Waals surface area contributed by atoms with Gasteiger partial charge in [0.25, 0.3) is 5.56 Å². The highest BCUT2D eigenvalue weighted by Gasteiger charge is 2.50. The summed E-state index contributed by atoms with van der Waals surface area (Å²) in [5.41, 5.74) is 5.64. The number of carbonyl (C=O) groups is 1. The zero-order valence-corrected chi connectivity index (χ0v) is 26.1. The van der Waals surface area contributed by atoms with E-state index in [1.807, 2.05) is 29.8 Å². The van der Waals surface area contributed by atoms with Crippen LogP contribution in [0.25, 0.3) is 22.5 Å². The molecule has 1 aliphatic heterocycles. The van der Waals surface area contributed by atoms with E-state index in [0.29, 0.717) is 25.4 Å². The maximum absolute atomic E-state index is 14.2. The molecule has 4 aromatic rings. The van der Waals surface area contributed by atoms with Crippen LogP contribution in [0.1, 0.15) is 101 Å². The van der Waals surface area contributed by atoms with E-state index in [9.17, 15) is 9.59 Å². The highest BCUT2D eigenvalue weighted by molar-refractivity contribution is 5.80. The minimum absolute atomic E-state index is 0.0498. The second kappa shape index (κ2) is 13.3. The molecule has 0 radical (unpaired) electrons. The van der Waals surface area contributed by atoms with Crippen molar-refractivity contribution >= 4 is 5.97 Å². The highest BCUT2D eigenvalue weighted by Crippen LogP contribution is 2.49. The van der Waals surface area contributed by atoms with Crippen LogP contribution in [0.4, 0.5) is 0 Å². The summed E-state index contributed by atoms with van der Waals surface area (Å²) in [6, 6.07) is 16.5. The molecule has 1 atom stereocenters. The minimum atomic E-state index is -0.577. The molecule has 0 amide bonds. The van der Waals surface area contributed by atoms with Gasteiger partial charge < -0.3 is 4.74 Å². The molecule has 1 fully saturated rings. The Bertz CT molecular complexity index is 1610. The van der Waals surface area contributed by atoms with Gasteiger partial charge in [-0.2, -0.15) is 0 Å². The zero-order valence-electron chi connectivity index (χ0n) is 26.1. The summed E-state index contributed by atoms with van der Waals surface area (Å²) in [7, 11) is 0. The van der Waals surface area contributed by atoms with E-state index in [-0.39, 0.29) is 17.6 Å². The van der Waals surface area contributed by atoms with Gasteiger partial charge in [0, 0.05) is 29.8 Å². The first-order valence-corrected chi connectivity index (χ1v) is 16.5. The van der Waals surface area contributed by atoms with Gasteiger partial charge in [-0.25, -0.2) is 9.78 Å². The maximum Gasteiger partial charge on any atom is 0.314 e. The molecule has 2 aromatic heterocycles. The Morgan fingerprint density at radius 3 is 2.43 bits per heavy atom. The van der Waals surface area contributed by atoms with Gasteiger partial charge in [0.1, 0.15) is 0 Å². The maximum atomic E-state index is 14.2. The van der Waals surface area contributed by atoms with E-state index in [0.717, 1.165) is 104 Å². The van der Waals surface area contributed by atoms with Crippen molar-refractivity contribution in [3.8, 4) is 22.5 Å². The van der Waals surface area contributed by atoms with Crippen molar-refractivity contribution < 1.29 is 9.53 Å². The first kappa shape index (κ1) is 30.0. The number of fused-ring (bicyclic) bond motifs is 1. The molecule has 232 valence electrons. The Kier molecular flexibility index (Phi) is 9.09. The van der Waals surface area contributed by atoms with Gasteiger partial charge >= 0.3 is 5.97 Å². The number of hydrogen-bond donors (Lipinski definition) is 1. The molecule has 0 bridgehead atoms. The van der Waals surface area contributed by atoms with Crippen LogP contribution in [0.2, 0.25) is 0 Å². The molecule has 44 heavy (non-hydrogen) atoms. The second-order valence-corrected chi connectivity index (χ2v) is 12.4. The minimum Gasteiger partial charge on any atom is -0.466 e. The molecule has 1 N–H and O–H groups in total. The topological polar surface area (TPSA) is 108 Å². The molecule has 1 saturated carbocycles. The number of aromatic amines is 1. The first-order valence-electron chi connectivity index (χ1n) is 16.5. The Morgan fingerprint density at radius 1 is 1.00 bits per heavy atom. The second-order valence-electron chi connectivity index (χ2n) is 12.4. The Balaban J connectivity index is 1.38. The lowest BCUT2D eigenvalue weighted by Gasteiger charge is -2.42. The Hall–Kier alpha value is -4.01. The van der Waals surface area contributed by atoms with Crippen LogP contribution in [-0.2, 0) is 28.9 Å². The summed E-state index contributed by atoms with van der Waals surface area (Å²) in [4.78, 5) is 28.0. The molecule has 6 rings (SSSR count). The molecule has 3 heterocycles. The van der Waals surface area contributed by atoms with Gasteiger partial charge in [-0.1, -0.05) is 87.6 Å². The molecular formula is C35H44N6O3. The predicted molar refractivity (Wildman–Crippen MR) is 170 cm³/mol. The smallest absolute Gasteiger partial charge is 0.314 e. The van der Waals surface area contributed by atoms with Crippen LogP contribution < -0.4 is 5.56 Å². The normalized spacial score (nSPS) is 18.0. The molecule has 1 unspecified atom stereocenters. The van der Waals surface area contributed by atoms with Gasteiger partial charge in [0.2, 0.25) is 0 Å². The predicted octanol–water partition coefficient (Wildman–Crippen LogP) is 6.67. The van der Waals surface area contributed by atoms with Crippen LogP contribution in [-0.4, -0.2) is 42.6 Å². The fraction of sp³-hybridized carbons (Fsp3) is 0.514. The third-order valence-corrected chi connectivity index (χ3v) is 9.78. The standard InChI is InChI=1S/C35H44N6O3/c1-3-5-15-30-29(24-25-17-19-26(20-18-25)27-13-8-9-14-28(27)32-36-38-39-37-32)33(42)40-23-12-16-31(41(30)40)35(34(43)44-4-2)21-10-6-7-11-22-35/h8-9,13-14,17-20,31H,3-7,10-12,15-16,21-24H2,1-2H3,(H,36,37,38,39). The van der Waals surface area contributed by atoms with Gasteiger partial charge in [-0.15, -0.1) is 5.10 Å². The van der Waals surface area contributed by atoms with Crippen LogP contribution in [0, 0.1) is 5.41 Å². The number of ether oxygens (including phenoxy) is 1. The van der Waals surface area contributed by atoms with Gasteiger partial charge in [0.05, 0.1) is 18.1 Å². The number of tetrazole rings is 1. The third kappa shape index (κ3) is 5.64. The summed E-state index contributed by atoms with van der Waals surface area (Å²) in [5, 5.41) is 14.5. The molecule has 0 saturated heterocycles. The van der Waals surface area contributed by atoms with Crippen molar-refractivity contribution in [2.24, 2.45) is 5.41 Å². The number of H-pyrrole nitrogens is 1. The lowest BCUT2D eigenvalue weighted by Crippen LogP contribution is -2.46. The number of rotatable bonds is 10. The number of benzene rings is 2. The largest absolute Gasteiger partial charge is 0.466 e. The molecule has 0 spiro atoms. The fourth-order valence-electron chi connectivity index (χ4n) is 7.61. The lowest BCUT2D eigenvalue weighted by atomic mass is 9.71. The number of hydrogen-bond acceptors (Lipinski definition) is 6. The average molecular weight is 597 g/mol. The Morgan fingerprint density at radius 2 is 1.75 bits per heavy atom. The number of nitrogens with zero attached hydrogens (tertiary/aromatic N) is 5. The van der Waals surface area contributed by atoms with Crippen molar-refractivity contribution in [1.29, 1.82) is 0 Å². The average Bonchev–Trinajstić information content (AvgIpc) is 3.59. The number of aromatic nitrogens is 6. The van der Waals surface area contributed by atoms with E-state index in [1.165, 1.54) is 0 Å². The third-order valence-electron chi connectivity index (χ3n) is 9.78. The Labute approximate surface area is 259 Å². The highest BCUT2D eigenvalue weighted by atomic mass is 16.5. The summed E-state index contributed by atoms with van der Waals surface area (Å²) in [6.07, 6.45) is 11.3. The summed E-state index contributed by atoms with van der Waals surface area (Å²) in [5.74, 6) is 0.558. The van der Waals surface area contributed by atoms with Crippen LogP contribution in [0.5, 0.6) is 0 Å². The van der Waals surface area contributed by atoms with Crippen LogP contribution in [0.15, 0.2) is 53.3 Å². The van der Waals surface area contributed by atoms with Crippen molar-refractivity contribution in [1.82, 2.24) is 30.0 Å². The zero-order chi connectivity index (χ0) is 30.5. The number of esters is 1. The molecule has 9 heteroatoms.